The van der Waals surface area contributed by atoms with Gasteiger partial charge in [-0.1, -0.05) is 32.4 Å². The first kappa shape index (κ1) is 10.0. The Hall–Kier alpha value is -1.05. The van der Waals surface area contributed by atoms with Gasteiger partial charge in [-0.15, -0.1) is 0 Å². The van der Waals surface area contributed by atoms with Crippen molar-refractivity contribution in [2.45, 2.75) is 38.7 Å². The van der Waals surface area contributed by atoms with E-state index in [1.54, 1.807) is 6.08 Å². The molecule has 0 saturated carbocycles. The molecule has 1 heterocycles. The topological polar surface area (TPSA) is 26.3 Å². The van der Waals surface area contributed by atoms with E-state index in [1.807, 2.05) is 0 Å². The predicted octanol–water partition coefficient (Wildman–Crippen LogP) is 2.60. The molecule has 1 aliphatic rings. The predicted molar refractivity (Wildman–Crippen MR) is 52.3 cm³/mol. The first-order valence-corrected chi connectivity index (χ1v) is 4.82. The van der Waals surface area contributed by atoms with E-state index in [0.29, 0.717) is 0 Å². The van der Waals surface area contributed by atoms with E-state index in [9.17, 15) is 4.79 Å². The summed E-state index contributed by atoms with van der Waals surface area (Å²) in [6, 6.07) is 0. The molecule has 2 nitrogen and oxygen atoms in total. The molecule has 0 amide bonds. The normalized spacial score (nSPS) is 21.2. The standard InChI is InChI=1S/C11H16O2/c1-3-5-6-7-10-9(4-2)8-11(12)13-10/h4,8,10H,2-3,5-7H2,1H3. The van der Waals surface area contributed by atoms with Crippen LogP contribution in [0.25, 0.3) is 0 Å². The average molecular weight is 180 g/mol. The van der Waals surface area contributed by atoms with Gasteiger partial charge in [0.25, 0.3) is 0 Å². The van der Waals surface area contributed by atoms with Gasteiger partial charge in [0.15, 0.2) is 0 Å². The van der Waals surface area contributed by atoms with Crippen molar-refractivity contribution < 1.29 is 9.53 Å². The number of cyclic esters (lactones) is 1. The third-order valence-electron chi connectivity index (χ3n) is 2.22. The highest BCUT2D eigenvalue weighted by molar-refractivity contribution is 5.86. The molecule has 2 heteroatoms. The monoisotopic (exact) mass is 180 g/mol. The molecule has 0 aromatic carbocycles. The van der Waals surface area contributed by atoms with E-state index >= 15 is 0 Å². The molecule has 1 rings (SSSR count). The number of hydrogen-bond acceptors (Lipinski definition) is 2. The molecule has 1 aliphatic heterocycles. The Bertz CT molecular complexity index is 228. The van der Waals surface area contributed by atoms with Crippen LogP contribution in [-0.4, -0.2) is 12.1 Å². The Balaban J connectivity index is 2.38. The molecular formula is C11H16O2. The lowest BCUT2D eigenvalue weighted by molar-refractivity contribution is -0.138. The molecule has 0 saturated heterocycles. The van der Waals surface area contributed by atoms with Gasteiger partial charge in [0, 0.05) is 6.08 Å². The molecule has 0 fully saturated rings. The first-order valence-electron chi connectivity index (χ1n) is 4.82. The highest BCUT2D eigenvalue weighted by atomic mass is 16.5. The fourth-order valence-electron chi connectivity index (χ4n) is 1.47. The fourth-order valence-corrected chi connectivity index (χ4v) is 1.47. The fraction of sp³-hybridized carbons (Fsp3) is 0.545. The van der Waals surface area contributed by atoms with Crippen molar-refractivity contribution >= 4 is 5.97 Å². The summed E-state index contributed by atoms with van der Waals surface area (Å²) in [5, 5.41) is 0. The lowest BCUT2D eigenvalue weighted by Crippen LogP contribution is -2.10. The number of carbonyl (C=O) groups excluding carboxylic acids is 1. The summed E-state index contributed by atoms with van der Waals surface area (Å²) in [4.78, 5) is 10.9. The quantitative estimate of drug-likeness (QED) is 0.480. The summed E-state index contributed by atoms with van der Waals surface area (Å²) in [6.45, 7) is 5.81. The molecule has 0 spiro atoms. The second kappa shape index (κ2) is 4.85. The number of unbranched alkanes of at least 4 members (excludes halogenated alkanes) is 2. The Morgan fingerprint density at radius 1 is 1.62 bits per heavy atom. The molecule has 0 aromatic heterocycles. The molecule has 0 N–H and O–H groups in total. The van der Waals surface area contributed by atoms with Crippen molar-refractivity contribution in [2.24, 2.45) is 0 Å². The smallest absolute Gasteiger partial charge is 0.331 e. The van der Waals surface area contributed by atoms with Gasteiger partial charge in [0.2, 0.25) is 0 Å². The van der Waals surface area contributed by atoms with Crippen LogP contribution in [0.15, 0.2) is 24.3 Å². The Morgan fingerprint density at radius 3 is 3.00 bits per heavy atom. The Morgan fingerprint density at radius 2 is 2.38 bits per heavy atom. The lowest BCUT2D eigenvalue weighted by atomic mass is 10.0. The van der Waals surface area contributed by atoms with Crippen molar-refractivity contribution in [3.8, 4) is 0 Å². The second-order valence-electron chi connectivity index (χ2n) is 3.27. The van der Waals surface area contributed by atoms with Crippen LogP contribution in [0.1, 0.15) is 32.6 Å². The number of carbonyl (C=O) groups is 1. The minimum absolute atomic E-state index is 0.0310. The van der Waals surface area contributed by atoms with Gasteiger partial charge in [0.1, 0.15) is 6.10 Å². The molecular weight excluding hydrogens is 164 g/mol. The number of ether oxygens (including phenoxy) is 1. The Labute approximate surface area is 79.3 Å². The zero-order valence-corrected chi connectivity index (χ0v) is 8.08. The SMILES string of the molecule is C=CC1=CC(=O)OC1CCCCC. The summed E-state index contributed by atoms with van der Waals surface area (Å²) < 4.78 is 5.11. The summed E-state index contributed by atoms with van der Waals surface area (Å²) in [5.41, 5.74) is 0.932. The van der Waals surface area contributed by atoms with E-state index in [-0.39, 0.29) is 12.1 Å². The van der Waals surface area contributed by atoms with Crippen LogP contribution in [-0.2, 0) is 9.53 Å². The molecule has 0 radical (unpaired) electrons. The average Bonchev–Trinajstić information content (AvgIpc) is 2.47. The zero-order chi connectivity index (χ0) is 9.68. The molecule has 0 aliphatic carbocycles. The highest BCUT2D eigenvalue weighted by Gasteiger charge is 2.22. The lowest BCUT2D eigenvalue weighted by Gasteiger charge is -2.10. The van der Waals surface area contributed by atoms with Crippen molar-refractivity contribution in [3.05, 3.63) is 24.3 Å². The van der Waals surface area contributed by atoms with E-state index in [0.717, 1.165) is 18.4 Å². The van der Waals surface area contributed by atoms with E-state index in [2.05, 4.69) is 13.5 Å². The molecule has 72 valence electrons. The first-order chi connectivity index (χ1) is 6.27. The zero-order valence-electron chi connectivity index (χ0n) is 8.08. The van der Waals surface area contributed by atoms with Crippen molar-refractivity contribution in [2.75, 3.05) is 0 Å². The molecule has 0 aromatic rings. The number of esters is 1. The number of hydrogen-bond donors (Lipinski definition) is 0. The van der Waals surface area contributed by atoms with Crippen molar-refractivity contribution in [1.82, 2.24) is 0 Å². The number of rotatable bonds is 5. The Kier molecular flexibility index (Phi) is 3.74. The van der Waals surface area contributed by atoms with E-state index < -0.39 is 0 Å². The largest absolute Gasteiger partial charge is 0.454 e. The van der Waals surface area contributed by atoms with E-state index in [4.69, 9.17) is 4.74 Å². The van der Waals surface area contributed by atoms with Crippen LogP contribution in [0.5, 0.6) is 0 Å². The van der Waals surface area contributed by atoms with Crippen LogP contribution in [0.3, 0.4) is 0 Å². The summed E-state index contributed by atoms with van der Waals surface area (Å²) in [6.07, 6.45) is 7.63. The van der Waals surface area contributed by atoms with Crippen LogP contribution in [0, 0.1) is 0 Å². The van der Waals surface area contributed by atoms with Crippen molar-refractivity contribution in [3.63, 3.8) is 0 Å². The van der Waals surface area contributed by atoms with Gasteiger partial charge >= 0.3 is 5.97 Å². The van der Waals surface area contributed by atoms with Gasteiger partial charge in [0.05, 0.1) is 0 Å². The molecule has 1 atom stereocenters. The van der Waals surface area contributed by atoms with Crippen molar-refractivity contribution in [1.29, 1.82) is 0 Å². The maximum Gasteiger partial charge on any atom is 0.331 e. The van der Waals surface area contributed by atoms with E-state index in [1.165, 1.54) is 18.9 Å². The van der Waals surface area contributed by atoms with Crippen LogP contribution in [0.4, 0.5) is 0 Å². The third kappa shape index (κ3) is 2.72. The molecule has 13 heavy (non-hydrogen) atoms. The summed E-state index contributed by atoms with van der Waals surface area (Å²) >= 11 is 0. The highest BCUT2D eigenvalue weighted by Crippen LogP contribution is 2.21. The minimum Gasteiger partial charge on any atom is -0.454 e. The summed E-state index contributed by atoms with van der Waals surface area (Å²) in [7, 11) is 0. The summed E-state index contributed by atoms with van der Waals surface area (Å²) in [5.74, 6) is -0.226. The van der Waals surface area contributed by atoms with Crippen LogP contribution < -0.4 is 0 Å². The maximum atomic E-state index is 10.9. The van der Waals surface area contributed by atoms with Gasteiger partial charge in [-0.05, 0) is 18.4 Å². The minimum atomic E-state index is -0.226. The van der Waals surface area contributed by atoms with Gasteiger partial charge < -0.3 is 4.74 Å². The van der Waals surface area contributed by atoms with Crippen LogP contribution in [0.2, 0.25) is 0 Å². The van der Waals surface area contributed by atoms with Gasteiger partial charge in [-0.3, -0.25) is 0 Å². The third-order valence-corrected chi connectivity index (χ3v) is 2.22. The molecule has 0 bridgehead atoms. The van der Waals surface area contributed by atoms with Gasteiger partial charge in [-0.2, -0.15) is 0 Å². The maximum absolute atomic E-state index is 10.9. The molecule has 1 unspecified atom stereocenters. The van der Waals surface area contributed by atoms with Gasteiger partial charge in [-0.25, -0.2) is 4.79 Å². The van der Waals surface area contributed by atoms with Crippen LogP contribution >= 0.6 is 0 Å². The second-order valence-corrected chi connectivity index (χ2v) is 3.27.